The number of sulfonamides is 1. The molecule has 1 aromatic carbocycles. The van der Waals surface area contributed by atoms with Crippen molar-refractivity contribution in [1.82, 2.24) is 9.21 Å². The van der Waals surface area contributed by atoms with Crippen LogP contribution in [0.15, 0.2) is 29.2 Å². The minimum Gasteiger partial charge on any atom is -0.381 e. The maximum Gasteiger partial charge on any atom is 0.253 e. The van der Waals surface area contributed by atoms with Crippen LogP contribution in [-0.4, -0.2) is 62.9 Å². The fraction of sp³-hybridized carbons (Fsp3) is 0.588. The fourth-order valence-corrected chi connectivity index (χ4v) is 4.42. The van der Waals surface area contributed by atoms with Crippen LogP contribution in [0.2, 0.25) is 0 Å². The van der Waals surface area contributed by atoms with Gasteiger partial charge in [-0.15, -0.1) is 0 Å². The highest BCUT2D eigenvalue weighted by atomic mass is 32.2. The van der Waals surface area contributed by atoms with E-state index in [-0.39, 0.29) is 16.9 Å². The van der Waals surface area contributed by atoms with Crippen molar-refractivity contribution in [2.24, 2.45) is 0 Å². The number of piperidine rings is 1. The van der Waals surface area contributed by atoms with Crippen LogP contribution in [0.3, 0.4) is 0 Å². The number of rotatable bonds is 6. The predicted octanol–water partition coefficient (Wildman–Crippen LogP) is 1.97. The van der Waals surface area contributed by atoms with Crippen molar-refractivity contribution in [3.63, 3.8) is 0 Å². The standard InChI is InChI=1S/C17H26N2O4S/c1-4-19(5-2)24(21,22)16-8-6-14(7-9-16)17(20)18-12-10-15(23-3)11-13-18/h6-9,15H,4-5,10-13H2,1-3H3. The summed E-state index contributed by atoms with van der Waals surface area (Å²) >= 11 is 0. The molecule has 0 saturated carbocycles. The zero-order valence-electron chi connectivity index (χ0n) is 14.6. The number of nitrogens with zero attached hydrogens (tertiary/aromatic N) is 2. The van der Waals surface area contributed by atoms with E-state index in [0.29, 0.717) is 31.7 Å². The molecule has 0 radical (unpaired) electrons. The van der Waals surface area contributed by atoms with E-state index in [0.717, 1.165) is 12.8 Å². The lowest BCUT2D eigenvalue weighted by atomic mass is 10.1. The molecule has 0 aliphatic carbocycles. The van der Waals surface area contributed by atoms with E-state index >= 15 is 0 Å². The summed E-state index contributed by atoms with van der Waals surface area (Å²) in [6.45, 7) is 5.79. The summed E-state index contributed by atoms with van der Waals surface area (Å²) in [7, 11) is -1.80. The van der Waals surface area contributed by atoms with Crippen molar-refractivity contribution in [3.8, 4) is 0 Å². The Labute approximate surface area is 144 Å². The molecule has 7 heteroatoms. The lowest BCUT2D eigenvalue weighted by molar-refractivity contribution is 0.0350. The van der Waals surface area contributed by atoms with Gasteiger partial charge in [0, 0.05) is 38.9 Å². The average Bonchev–Trinajstić information content (AvgIpc) is 2.62. The van der Waals surface area contributed by atoms with E-state index < -0.39 is 10.0 Å². The summed E-state index contributed by atoms with van der Waals surface area (Å²) in [4.78, 5) is 14.5. The topological polar surface area (TPSA) is 66.9 Å². The van der Waals surface area contributed by atoms with Crippen LogP contribution in [-0.2, 0) is 14.8 Å². The molecule has 2 rings (SSSR count). The summed E-state index contributed by atoms with van der Waals surface area (Å²) in [5, 5.41) is 0. The minimum absolute atomic E-state index is 0.0589. The Kier molecular flexibility index (Phi) is 6.37. The van der Waals surface area contributed by atoms with Crippen molar-refractivity contribution in [2.45, 2.75) is 37.7 Å². The highest BCUT2D eigenvalue weighted by molar-refractivity contribution is 7.89. The number of carbonyl (C=O) groups excluding carboxylic acids is 1. The zero-order valence-corrected chi connectivity index (χ0v) is 15.4. The monoisotopic (exact) mass is 354 g/mol. The van der Waals surface area contributed by atoms with E-state index in [1.807, 2.05) is 13.8 Å². The highest BCUT2D eigenvalue weighted by Gasteiger charge is 2.25. The summed E-state index contributed by atoms with van der Waals surface area (Å²) in [5.74, 6) is -0.0589. The number of methoxy groups -OCH3 is 1. The predicted molar refractivity (Wildman–Crippen MR) is 92.5 cm³/mol. The normalized spacial score (nSPS) is 16.6. The number of hydrogen-bond acceptors (Lipinski definition) is 4. The second-order valence-corrected chi connectivity index (χ2v) is 7.78. The van der Waals surface area contributed by atoms with Crippen LogP contribution >= 0.6 is 0 Å². The summed E-state index contributed by atoms with van der Waals surface area (Å²) in [6, 6.07) is 6.23. The smallest absolute Gasteiger partial charge is 0.253 e. The third-order valence-corrected chi connectivity index (χ3v) is 6.57. The number of ether oxygens (including phenoxy) is 1. The van der Waals surface area contributed by atoms with Gasteiger partial charge in [-0.1, -0.05) is 13.8 Å². The first-order valence-corrected chi connectivity index (χ1v) is 9.80. The van der Waals surface area contributed by atoms with Crippen LogP contribution in [0.5, 0.6) is 0 Å². The van der Waals surface area contributed by atoms with Crippen LogP contribution in [0.1, 0.15) is 37.0 Å². The van der Waals surface area contributed by atoms with Crippen LogP contribution in [0.4, 0.5) is 0 Å². The molecule has 6 nitrogen and oxygen atoms in total. The summed E-state index contributed by atoms with van der Waals surface area (Å²) < 4.78 is 31.6. The van der Waals surface area contributed by atoms with Gasteiger partial charge in [-0.05, 0) is 37.1 Å². The number of amides is 1. The van der Waals surface area contributed by atoms with Gasteiger partial charge < -0.3 is 9.64 Å². The molecule has 0 N–H and O–H groups in total. The van der Waals surface area contributed by atoms with Gasteiger partial charge in [0.25, 0.3) is 5.91 Å². The van der Waals surface area contributed by atoms with E-state index in [1.54, 1.807) is 24.1 Å². The van der Waals surface area contributed by atoms with E-state index in [9.17, 15) is 13.2 Å². The van der Waals surface area contributed by atoms with E-state index in [2.05, 4.69) is 0 Å². The Morgan fingerprint density at radius 3 is 2.17 bits per heavy atom. The molecule has 1 aromatic rings. The number of benzene rings is 1. The molecule has 24 heavy (non-hydrogen) atoms. The van der Waals surface area contributed by atoms with Gasteiger partial charge in [0.2, 0.25) is 10.0 Å². The first-order chi connectivity index (χ1) is 11.4. The molecule has 0 atom stereocenters. The van der Waals surface area contributed by atoms with Gasteiger partial charge in [0.05, 0.1) is 11.0 Å². The molecule has 1 aliphatic heterocycles. The van der Waals surface area contributed by atoms with Gasteiger partial charge in [-0.25, -0.2) is 8.42 Å². The second-order valence-electron chi connectivity index (χ2n) is 5.84. The molecule has 1 aliphatic rings. The Hall–Kier alpha value is -1.44. The quantitative estimate of drug-likeness (QED) is 0.783. The van der Waals surface area contributed by atoms with Crippen LogP contribution < -0.4 is 0 Å². The molecular formula is C17H26N2O4S. The number of likely N-dealkylation sites (tertiary alicyclic amines) is 1. The molecular weight excluding hydrogens is 328 g/mol. The van der Waals surface area contributed by atoms with Crippen molar-refractivity contribution in [2.75, 3.05) is 33.3 Å². The van der Waals surface area contributed by atoms with Crippen LogP contribution in [0, 0.1) is 0 Å². The second kappa shape index (κ2) is 8.09. The Morgan fingerprint density at radius 2 is 1.71 bits per heavy atom. The molecule has 1 fully saturated rings. The molecule has 1 heterocycles. The van der Waals surface area contributed by atoms with Gasteiger partial charge >= 0.3 is 0 Å². The molecule has 0 spiro atoms. The first-order valence-electron chi connectivity index (χ1n) is 8.36. The van der Waals surface area contributed by atoms with Gasteiger partial charge in [0.15, 0.2) is 0 Å². The molecule has 0 aromatic heterocycles. The maximum absolute atomic E-state index is 12.5. The van der Waals surface area contributed by atoms with E-state index in [4.69, 9.17) is 4.74 Å². The summed E-state index contributed by atoms with van der Waals surface area (Å²) in [5.41, 5.74) is 0.518. The summed E-state index contributed by atoms with van der Waals surface area (Å²) in [6.07, 6.45) is 1.88. The SMILES string of the molecule is CCN(CC)S(=O)(=O)c1ccc(C(=O)N2CCC(OC)CC2)cc1. The van der Waals surface area contributed by atoms with Gasteiger partial charge in [-0.2, -0.15) is 4.31 Å². The van der Waals surface area contributed by atoms with Crippen molar-refractivity contribution >= 4 is 15.9 Å². The van der Waals surface area contributed by atoms with Crippen molar-refractivity contribution in [3.05, 3.63) is 29.8 Å². The first kappa shape index (κ1) is 18.9. The Balaban J connectivity index is 2.11. The average molecular weight is 354 g/mol. The van der Waals surface area contributed by atoms with Crippen LogP contribution in [0.25, 0.3) is 0 Å². The Morgan fingerprint density at radius 1 is 1.17 bits per heavy atom. The van der Waals surface area contributed by atoms with Crippen molar-refractivity contribution < 1.29 is 17.9 Å². The third kappa shape index (κ3) is 3.96. The molecule has 0 bridgehead atoms. The van der Waals surface area contributed by atoms with Crippen molar-refractivity contribution in [1.29, 1.82) is 0 Å². The molecule has 134 valence electrons. The lowest BCUT2D eigenvalue weighted by Gasteiger charge is -2.31. The zero-order chi connectivity index (χ0) is 17.7. The molecule has 1 amide bonds. The third-order valence-electron chi connectivity index (χ3n) is 4.51. The Bertz CT molecular complexity index is 646. The number of hydrogen-bond donors (Lipinski definition) is 0. The fourth-order valence-electron chi connectivity index (χ4n) is 2.96. The van der Waals surface area contributed by atoms with Gasteiger partial charge in [0.1, 0.15) is 0 Å². The molecule has 0 unspecified atom stereocenters. The minimum atomic E-state index is -3.49. The maximum atomic E-state index is 12.5. The highest BCUT2D eigenvalue weighted by Crippen LogP contribution is 2.19. The van der Waals surface area contributed by atoms with E-state index in [1.165, 1.54) is 16.4 Å². The largest absolute Gasteiger partial charge is 0.381 e. The number of carbonyl (C=O) groups is 1. The molecule has 1 saturated heterocycles. The lowest BCUT2D eigenvalue weighted by Crippen LogP contribution is -2.40. The van der Waals surface area contributed by atoms with Gasteiger partial charge in [-0.3, -0.25) is 4.79 Å².